The van der Waals surface area contributed by atoms with Gasteiger partial charge in [0, 0.05) is 53.9 Å². The molecular formula is C27H30N2O4. The van der Waals surface area contributed by atoms with E-state index < -0.39 is 0 Å². The molecular weight excluding hydrogens is 416 g/mol. The van der Waals surface area contributed by atoms with Gasteiger partial charge in [-0.3, -0.25) is 19.3 Å². The molecule has 6 nitrogen and oxygen atoms in total. The Bertz CT molecular complexity index is 1130. The summed E-state index contributed by atoms with van der Waals surface area (Å²) in [6.07, 6.45) is 1.27. The minimum Gasteiger partial charge on any atom is -0.494 e. The molecule has 1 heterocycles. The Balaban J connectivity index is 1.83. The first-order valence-electron chi connectivity index (χ1n) is 11.4. The summed E-state index contributed by atoms with van der Waals surface area (Å²) in [7, 11) is 0. The van der Waals surface area contributed by atoms with Gasteiger partial charge in [-0.15, -0.1) is 0 Å². The second-order valence-electron chi connectivity index (χ2n) is 9.49. The van der Waals surface area contributed by atoms with E-state index in [-0.39, 0.29) is 35.4 Å². The average molecular weight is 447 g/mol. The van der Waals surface area contributed by atoms with Crippen LogP contribution in [-0.4, -0.2) is 24.2 Å². The largest absolute Gasteiger partial charge is 0.494 e. The number of carbonyl (C=O) groups excluding carboxylic acids is 3. The summed E-state index contributed by atoms with van der Waals surface area (Å²) >= 11 is 0. The summed E-state index contributed by atoms with van der Waals surface area (Å²) < 4.78 is 5.84. The molecule has 2 aromatic carbocycles. The van der Waals surface area contributed by atoms with Crippen molar-refractivity contribution in [2.75, 3.05) is 16.8 Å². The second kappa shape index (κ2) is 8.85. The molecule has 2 aliphatic rings. The maximum Gasteiger partial charge on any atom is 0.232 e. The molecule has 172 valence electrons. The first kappa shape index (κ1) is 22.8. The van der Waals surface area contributed by atoms with E-state index in [4.69, 9.17) is 4.74 Å². The molecule has 1 atom stereocenters. The van der Waals surface area contributed by atoms with Crippen molar-refractivity contribution in [2.45, 2.75) is 52.9 Å². The first-order chi connectivity index (χ1) is 15.7. The molecule has 0 saturated carbocycles. The maximum atomic E-state index is 13.6. The minimum absolute atomic E-state index is 0.0529. The molecule has 0 bridgehead atoms. The van der Waals surface area contributed by atoms with Crippen LogP contribution in [0.3, 0.4) is 0 Å². The van der Waals surface area contributed by atoms with Crippen LogP contribution in [0, 0.1) is 5.41 Å². The number of ketones is 1. The zero-order valence-electron chi connectivity index (χ0n) is 19.6. The van der Waals surface area contributed by atoms with Crippen molar-refractivity contribution in [1.29, 1.82) is 0 Å². The van der Waals surface area contributed by atoms with E-state index in [1.165, 1.54) is 6.92 Å². The Kier molecular flexibility index (Phi) is 6.11. The highest BCUT2D eigenvalue weighted by Crippen LogP contribution is 2.49. The Labute approximate surface area is 194 Å². The number of nitrogens with zero attached hydrogens (tertiary/aromatic N) is 1. The Hall–Kier alpha value is -3.41. The van der Waals surface area contributed by atoms with Crippen LogP contribution < -0.4 is 15.0 Å². The van der Waals surface area contributed by atoms with E-state index in [2.05, 4.69) is 19.2 Å². The van der Waals surface area contributed by atoms with Crippen LogP contribution in [0.2, 0.25) is 0 Å². The van der Waals surface area contributed by atoms with Gasteiger partial charge in [0.05, 0.1) is 6.61 Å². The number of benzene rings is 2. The lowest BCUT2D eigenvalue weighted by Crippen LogP contribution is -2.43. The number of hydrogen-bond donors (Lipinski definition) is 1. The van der Waals surface area contributed by atoms with Gasteiger partial charge in [0.25, 0.3) is 0 Å². The third-order valence-electron chi connectivity index (χ3n) is 6.18. The van der Waals surface area contributed by atoms with Crippen molar-refractivity contribution >= 4 is 29.0 Å². The molecule has 4 rings (SSSR count). The average Bonchev–Trinajstić information content (AvgIpc) is 2.73. The number of rotatable bonds is 5. The third kappa shape index (κ3) is 4.56. The van der Waals surface area contributed by atoms with Crippen LogP contribution in [0.5, 0.6) is 5.75 Å². The van der Waals surface area contributed by atoms with E-state index in [9.17, 15) is 14.4 Å². The lowest BCUT2D eigenvalue weighted by Gasteiger charge is -2.43. The van der Waals surface area contributed by atoms with E-state index in [1.807, 2.05) is 43.3 Å². The SMILES string of the molecule is CCOc1ccccc1C1CC(=O)N(c2ccc(NC(C)=O)cc2)C2=C1C(=O)CC(C)(C)C2. The highest BCUT2D eigenvalue weighted by molar-refractivity contribution is 6.08. The highest BCUT2D eigenvalue weighted by Gasteiger charge is 2.44. The predicted octanol–water partition coefficient (Wildman–Crippen LogP) is 5.21. The van der Waals surface area contributed by atoms with E-state index in [0.29, 0.717) is 36.4 Å². The zero-order chi connectivity index (χ0) is 23.8. The summed E-state index contributed by atoms with van der Waals surface area (Å²) in [4.78, 5) is 40.1. The van der Waals surface area contributed by atoms with Gasteiger partial charge in [-0.25, -0.2) is 0 Å². The molecule has 2 amide bonds. The number of allylic oxidation sites excluding steroid dienone is 2. The van der Waals surface area contributed by atoms with Gasteiger partial charge in [0.2, 0.25) is 11.8 Å². The van der Waals surface area contributed by atoms with Crippen molar-refractivity contribution in [3.8, 4) is 5.75 Å². The lowest BCUT2D eigenvalue weighted by atomic mass is 9.69. The van der Waals surface area contributed by atoms with Crippen LogP contribution >= 0.6 is 0 Å². The van der Waals surface area contributed by atoms with Gasteiger partial charge in [-0.05, 0) is 49.1 Å². The zero-order valence-corrected chi connectivity index (χ0v) is 19.6. The molecule has 1 N–H and O–H groups in total. The summed E-state index contributed by atoms with van der Waals surface area (Å²) in [5.41, 5.74) is 3.49. The Morgan fingerprint density at radius 1 is 1.09 bits per heavy atom. The van der Waals surface area contributed by atoms with Gasteiger partial charge in [0.15, 0.2) is 5.78 Å². The summed E-state index contributed by atoms with van der Waals surface area (Å²) in [5.74, 6) is 0.272. The molecule has 1 aliphatic carbocycles. The Morgan fingerprint density at radius 2 is 1.79 bits per heavy atom. The number of Topliss-reactive ketones (excluding diaryl/α,β-unsaturated/α-hetero) is 1. The lowest BCUT2D eigenvalue weighted by molar-refractivity contribution is -0.121. The van der Waals surface area contributed by atoms with Gasteiger partial charge >= 0.3 is 0 Å². The maximum absolute atomic E-state index is 13.6. The van der Waals surface area contributed by atoms with Crippen molar-refractivity contribution in [2.24, 2.45) is 5.41 Å². The van der Waals surface area contributed by atoms with Crippen LogP contribution in [0.15, 0.2) is 59.8 Å². The fraction of sp³-hybridized carbons (Fsp3) is 0.370. The molecule has 0 aromatic heterocycles. The van der Waals surface area contributed by atoms with Crippen LogP contribution in [0.4, 0.5) is 11.4 Å². The van der Waals surface area contributed by atoms with Crippen molar-refractivity contribution < 1.29 is 19.1 Å². The van der Waals surface area contributed by atoms with E-state index >= 15 is 0 Å². The number of carbonyl (C=O) groups is 3. The van der Waals surface area contributed by atoms with Gasteiger partial charge in [-0.2, -0.15) is 0 Å². The third-order valence-corrected chi connectivity index (χ3v) is 6.18. The van der Waals surface area contributed by atoms with Gasteiger partial charge < -0.3 is 10.1 Å². The smallest absolute Gasteiger partial charge is 0.232 e. The van der Waals surface area contributed by atoms with E-state index in [0.717, 1.165) is 17.0 Å². The highest BCUT2D eigenvalue weighted by atomic mass is 16.5. The predicted molar refractivity (Wildman–Crippen MR) is 128 cm³/mol. The van der Waals surface area contributed by atoms with Crippen molar-refractivity contribution in [3.05, 3.63) is 65.4 Å². The number of para-hydroxylation sites is 1. The first-order valence-corrected chi connectivity index (χ1v) is 11.4. The number of anilines is 2. The topological polar surface area (TPSA) is 75.7 Å². The molecule has 0 fully saturated rings. The summed E-state index contributed by atoms with van der Waals surface area (Å²) in [6.45, 7) is 8.02. The number of amides is 2. The molecule has 0 spiro atoms. The minimum atomic E-state index is -0.325. The van der Waals surface area contributed by atoms with Gasteiger partial charge in [-0.1, -0.05) is 32.0 Å². The molecule has 33 heavy (non-hydrogen) atoms. The molecule has 0 saturated heterocycles. The fourth-order valence-electron chi connectivity index (χ4n) is 4.93. The molecule has 6 heteroatoms. The number of ether oxygens (including phenoxy) is 1. The molecule has 1 unspecified atom stereocenters. The molecule has 1 aliphatic heterocycles. The standard InChI is InChI=1S/C27H30N2O4/c1-5-33-24-9-7-6-8-20(24)21-14-25(32)29(19-12-10-18(11-13-19)28-17(2)30)22-15-27(3,4)16-23(31)26(21)22/h6-13,21H,5,14-16H2,1-4H3,(H,28,30). The van der Waals surface area contributed by atoms with Gasteiger partial charge in [0.1, 0.15) is 5.75 Å². The van der Waals surface area contributed by atoms with Crippen LogP contribution in [0.1, 0.15) is 58.4 Å². The fourth-order valence-corrected chi connectivity index (χ4v) is 4.93. The summed E-state index contributed by atoms with van der Waals surface area (Å²) in [5, 5.41) is 2.75. The quantitative estimate of drug-likeness (QED) is 0.684. The van der Waals surface area contributed by atoms with Crippen molar-refractivity contribution in [3.63, 3.8) is 0 Å². The van der Waals surface area contributed by atoms with E-state index in [1.54, 1.807) is 17.0 Å². The monoisotopic (exact) mass is 446 g/mol. The van der Waals surface area contributed by atoms with Crippen LogP contribution in [0.25, 0.3) is 0 Å². The normalized spacial score (nSPS) is 19.9. The summed E-state index contributed by atoms with van der Waals surface area (Å²) in [6, 6.07) is 14.9. The molecule has 2 aromatic rings. The van der Waals surface area contributed by atoms with Crippen molar-refractivity contribution in [1.82, 2.24) is 0 Å². The number of nitrogens with one attached hydrogen (secondary N) is 1. The number of hydrogen-bond acceptors (Lipinski definition) is 4. The second-order valence-corrected chi connectivity index (χ2v) is 9.49. The van der Waals surface area contributed by atoms with Crippen LogP contribution in [-0.2, 0) is 14.4 Å². The molecule has 0 radical (unpaired) electrons. The Morgan fingerprint density at radius 3 is 2.45 bits per heavy atom.